The number of benzene rings is 2. The minimum Gasteiger partial charge on any atom is -0.497 e. The van der Waals surface area contributed by atoms with E-state index in [9.17, 15) is 9.59 Å². The van der Waals surface area contributed by atoms with E-state index in [1.807, 2.05) is 74.0 Å². The van der Waals surface area contributed by atoms with Crippen LogP contribution < -0.4 is 9.54 Å². The summed E-state index contributed by atoms with van der Waals surface area (Å²) in [5.74, 6) is 0.742. The molecular formula is C20H23N3O3S. The van der Waals surface area contributed by atoms with Gasteiger partial charge in [0, 0.05) is 7.05 Å². The normalized spacial score (nSPS) is 10.9. The standard InChI is InChI=1S/C18H17N3O3S.C2H6/c1-20-15-9-8-14(24-2)10-16(15)25-18(20)19-17(23)21(12-22)11-13-6-4-3-5-7-13;1-2/h3-10,12H,11H2,1-2H3;1-2H3/b19-18+;. The first-order valence-corrected chi connectivity index (χ1v) is 9.42. The van der Waals surface area contributed by atoms with Crippen molar-refractivity contribution in [1.29, 1.82) is 0 Å². The molecule has 27 heavy (non-hydrogen) atoms. The van der Waals surface area contributed by atoms with Gasteiger partial charge in [-0.2, -0.15) is 4.99 Å². The molecule has 0 fully saturated rings. The topological polar surface area (TPSA) is 63.9 Å². The third kappa shape index (κ3) is 4.83. The highest BCUT2D eigenvalue weighted by Crippen LogP contribution is 2.22. The van der Waals surface area contributed by atoms with Crippen LogP contribution >= 0.6 is 11.3 Å². The Bertz CT molecular complexity index is 977. The van der Waals surface area contributed by atoms with Crippen LogP contribution in [0.3, 0.4) is 0 Å². The molecule has 0 atom stereocenters. The number of ether oxygens (including phenoxy) is 1. The second kappa shape index (κ2) is 9.68. The summed E-state index contributed by atoms with van der Waals surface area (Å²) in [6.07, 6.45) is 0.509. The average Bonchev–Trinajstić information content (AvgIpc) is 3.03. The average molecular weight is 385 g/mol. The molecule has 1 aromatic heterocycles. The lowest BCUT2D eigenvalue weighted by Gasteiger charge is -2.12. The van der Waals surface area contributed by atoms with Crippen LogP contribution in [0, 0.1) is 0 Å². The molecule has 0 saturated carbocycles. The van der Waals surface area contributed by atoms with Crippen LogP contribution in [0.15, 0.2) is 53.5 Å². The van der Waals surface area contributed by atoms with Gasteiger partial charge in [-0.3, -0.25) is 9.69 Å². The maximum atomic E-state index is 12.4. The SMILES string of the molecule is CC.COc1ccc2c(c1)s/c(=N/C(=O)N(C=O)Cc1ccccc1)n2C. The highest BCUT2D eigenvalue weighted by Gasteiger charge is 2.13. The first kappa shape index (κ1) is 20.4. The predicted molar refractivity (Wildman–Crippen MR) is 108 cm³/mol. The van der Waals surface area contributed by atoms with Gasteiger partial charge in [-0.05, 0) is 23.8 Å². The molecule has 0 N–H and O–H groups in total. The van der Waals surface area contributed by atoms with Crippen molar-refractivity contribution in [1.82, 2.24) is 9.47 Å². The highest BCUT2D eigenvalue weighted by atomic mass is 32.1. The summed E-state index contributed by atoms with van der Waals surface area (Å²) in [5.41, 5.74) is 1.81. The number of hydrogen-bond acceptors (Lipinski definition) is 4. The molecule has 142 valence electrons. The summed E-state index contributed by atoms with van der Waals surface area (Å²) in [7, 11) is 3.44. The van der Waals surface area contributed by atoms with Crippen LogP contribution in [0.2, 0.25) is 0 Å². The third-order valence-corrected chi connectivity index (χ3v) is 4.87. The lowest BCUT2D eigenvalue weighted by molar-refractivity contribution is -0.115. The maximum Gasteiger partial charge on any atom is 0.353 e. The van der Waals surface area contributed by atoms with E-state index in [1.165, 1.54) is 11.3 Å². The Morgan fingerprint density at radius 3 is 2.56 bits per heavy atom. The highest BCUT2D eigenvalue weighted by molar-refractivity contribution is 7.16. The lowest BCUT2D eigenvalue weighted by atomic mass is 10.2. The molecule has 0 aliphatic carbocycles. The Morgan fingerprint density at radius 1 is 1.22 bits per heavy atom. The Morgan fingerprint density at radius 2 is 1.93 bits per heavy atom. The smallest absolute Gasteiger partial charge is 0.353 e. The number of aryl methyl sites for hydroxylation is 1. The fourth-order valence-corrected chi connectivity index (χ4v) is 3.46. The van der Waals surface area contributed by atoms with Gasteiger partial charge in [-0.1, -0.05) is 55.5 Å². The minimum atomic E-state index is -0.590. The van der Waals surface area contributed by atoms with Crippen LogP contribution in [0.5, 0.6) is 5.75 Å². The molecule has 6 nitrogen and oxygen atoms in total. The van der Waals surface area contributed by atoms with Crippen molar-refractivity contribution in [2.24, 2.45) is 12.0 Å². The van der Waals surface area contributed by atoms with Crippen molar-refractivity contribution >= 4 is 34.0 Å². The Labute approximate surface area is 162 Å². The van der Waals surface area contributed by atoms with Gasteiger partial charge in [0.25, 0.3) is 0 Å². The summed E-state index contributed by atoms with van der Waals surface area (Å²) in [6.45, 7) is 4.19. The number of methoxy groups -OCH3 is 1. The third-order valence-electron chi connectivity index (χ3n) is 3.78. The number of carbonyl (C=O) groups is 2. The summed E-state index contributed by atoms with van der Waals surface area (Å²) in [4.78, 5) is 29.4. The molecule has 3 aromatic rings. The number of imide groups is 1. The summed E-state index contributed by atoms with van der Waals surface area (Å²) >= 11 is 1.37. The van der Waals surface area contributed by atoms with E-state index < -0.39 is 6.03 Å². The minimum absolute atomic E-state index is 0.190. The molecule has 0 radical (unpaired) electrons. The maximum absolute atomic E-state index is 12.4. The first-order chi connectivity index (χ1) is 13.1. The predicted octanol–water partition coefficient (Wildman–Crippen LogP) is 3.95. The zero-order chi connectivity index (χ0) is 19.8. The van der Waals surface area contributed by atoms with Crippen LogP contribution in [0.1, 0.15) is 19.4 Å². The van der Waals surface area contributed by atoms with Crippen molar-refractivity contribution in [2.75, 3.05) is 7.11 Å². The molecule has 0 unspecified atom stereocenters. The Balaban J connectivity index is 0.00000126. The van der Waals surface area contributed by atoms with E-state index in [0.717, 1.165) is 26.4 Å². The van der Waals surface area contributed by atoms with Crippen molar-refractivity contribution in [3.63, 3.8) is 0 Å². The van der Waals surface area contributed by atoms with Gasteiger partial charge in [-0.15, -0.1) is 0 Å². The van der Waals surface area contributed by atoms with Crippen LogP contribution in [0.25, 0.3) is 10.2 Å². The molecule has 7 heteroatoms. The fourth-order valence-electron chi connectivity index (χ4n) is 2.42. The fraction of sp³-hybridized carbons (Fsp3) is 0.250. The number of rotatable bonds is 4. The van der Waals surface area contributed by atoms with Crippen molar-refractivity contribution < 1.29 is 14.3 Å². The number of hydrogen-bond donors (Lipinski definition) is 0. The van der Waals surface area contributed by atoms with Crippen molar-refractivity contribution in [3.8, 4) is 5.75 Å². The molecule has 0 aliphatic rings. The molecule has 3 rings (SSSR count). The van der Waals surface area contributed by atoms with Crippen LogP contribution in [0.4, 0.5) is 4.79 Å². The number of aromatic nitrogens is 1. The van der Waals surface area contributed by atoms with Crippen LogP contribution in [-0.4, -0.2) is 29.0 Å². The molecule has 2 aromatic carbocycles. The molecule has 0 saturated heterocycles. The largest absolute Gasteiger partial charge is 0.497 e. The van der Waals surface area contributed by atoms with Gasteiger partial charge in [0.05, 0.1) is 23.9 Å². The molecular weight excluding hydrogens is 362 g/mol. The molecule has 0 aliphatic heterocycles. The van der Waals surface area contributed by atoms with Gasteiger partial charge in [0.2, 0.25) is 6.41 Å². The van der Waals surface area contributed by atoms with Crippen LogP contribution in [-0.2, 0) is 18.4 Å². The van der Waals surface area contributed by atoms with E-state index in [4.69, 9.17) is 4.74 Å². The van der Waals surface area contributed by atoms with E-state index in [2.05, 4.69) is 4.99 Å². The van der Waals surface area contributed by atoms with E-state index in [-0.39, 0.29) is 6.54 Å². The zero-order valence-electron chi connectivity index (χ0n) is 15.9. The number of fused-ring (bicyclic) bond motifs is 1. The second-order valence-corrected chi connectivity index (χ2v) is 6.40. The van der Waals surface area contributed by atoms with E-state index in [1.54, 1.807) is 7.11 Å². The zero-order valence-corrected chi connectivity index (χ0v) is 16.7. The second-order valence-electron chi connectivity index (χ2n) is 5.39. The molecule has 1 heterocycles. The monoisotopic (exact) mass is 385 g/mol. The first-order valence-electron chi connectivity index (χ1n) is 8.60. The number of urea groups is 1. The van der Waals surface area contributed by atoms with Crippen molar-refractivity contribution in [3.05, 3.63) is 58.9 Å². The van der Waals surface area contributed by atoms with Crippen molar-refractivity contribution in [2.45, 2.75) is 20.4 Å². The molecule has 0 bridgehead atoms. The summed E-state index contributed by atoms with van der Waals surface area (Å²) in [6, 6.07) is 14.4. The number of amides is 3. The van der Waals surface area contributed by atoms with Gasteiger partial charge in [0.15, 0.2) is 4.80 Å². The van der Waals surface area contributed by atoms with Gasteiger partial charge in [-0.25, -0.2) is 4.79 Å². The Hall–Kier alpha value is -2.93. The number of carbonyl (C=O) groups excluding carboxylic acids is 2. The van der Waals surface area contributed by atoms with E-state index in [0.29, 0.717) is 11.2 Å². The molecule has 0 spiro atoms. The van der Waals surface area contributed by atoms with Gasteiger partial charge >= 0.3 is 6.03 Å². The lowest BCUT2D eigenvalue weighted by Crippen LogP contribution is -2.28. The number of nitrogens with zero attached hydrogens (tertiary/aromatic N) is 3. The summed E-state index contributed by atoms with van der Waals surface area (Å²) in [5, 5.41) is 0. The van der Waals surface area contributed by atoms with E-state index >= 15 is 0 Å². The number of thiazole rings is 1. The Kier molecular flexibility index (Phi) is 7.31. The quantitative estimate of drug-likeness (QED) is 0.639. The van der Waals surface area contributed by atoms with Gasteiger partial charge < -0.3 is 9.30 Å². The summed E-state index contributed by atoms with van der Waals surface area (Å²) < 4.78 is 7.99. The van der Waals surface area contributed by atoms with Gasteiger partial charge in [0.1, 0.15) is 5.75 Å². The molecule has 3 amide bonds.